The topological polar surface area (TPSA) is 60.5 Å². The highest BCUT2D eigenvalue weighted by Gasteiger charge is 2.53. The van der Waals surface area contributed by atoms with Gasteiger partial charge in [0.2, 0.25) is 0 Å². The molecule has 2 aromatic rings. The molecule has 0 bridgehead atoms. The summed E-state index contributed by atoms with van der Waals surface area (Å²) in [6.07, 6.45) is -0.0203. The van der Waals surface area contributed by atoms with Crippen molar-refractivity contribution in [3.8, 4) is 5.75 Å². The zero-order chi connectivity index (χ0) is 27.8. The highest BCUT2D eigenvalue weighted by molar-refractivity contribution is 5.69. The number of benzene rings is 2. The Labute approximate surface area is 226 Å². The molecule has 3 heterocycles. The average Bonchev–Trinajstić information content (AvgIpc) is 3.53. The molecule has 1 spiro atoms. The molecule has 0 radical (unpaired) electrons. The first-order chi connectivity index (χ1) is 18.4. The van der Waals surface area contributed by atoms with E-state index in [4.69, 9.17) is 14.2 Å². The third-order valence-electron chi connectivity index (χ3n) is 7.25. The van der Waals surface area contributed by atoms with Crippen molar-refractivity contribution in [2.24, 2.45) is 0 Å². The maximum atomic E-state index is 13.4. The van der Waals surface area contributed by atoms with E-state index in [1.54, 1.807) is 23.4 Å². The first kappa shape index (κ1) is 27.2. The molecule has 2 fully saturated rings. The lowest BCUT2D eigenvalue weighted by atomic mass is 9.75. The summed E-state index contributed by atoms with van der Waals surface area (Å²) in [6.45, 7) is 6.55. The number of ether oxygens (including phenoxy) is 4. The van der Waals surface area contributed by atoms with Gasteiger partial charge in [-0.1, -0.05) is 30.3 Å². The Morgan fingerprint density at radius 1 is 1.10 bits per heavy atom. The Morgan fingerprint density at radius 3 is 2.54 bits per heavy atom. The lowest BCUT2D eigenvalue weighted by Crippen LogP contribution is -2.53. The minimum Gasteiger partial charge on any atom is -0.479 e. The molecule has 0 N–H and O–H groups in total. The third kappa shape index (κ3) is 5.95. The van der Waals surface area contributed by atoms with Crippen LogP contribution in [0.1, 0.15) is 63.1 Å². The van der Waals surface area contributed by atoms with Crippen molar-refractivity contribution in [2.45, 2.75) is 69.6 Å². The van der Waals surface area contributed by atoms with E-state index in [0.717, 1.165) is 11.3 Å². The number of hydrogen-bond acceptors (Lipinski definition) is 6. The number of carbonyl (C=O) groups is 1. The van der Waals surface area contributed by atoms with Crippen LogP contribution in [0.2, 0.25) is 0 Å². The number of rotatable bonds is 4. The van der Waals surface area contributed by atoms with Crippen LogP contribution in [-0.4, -0.2) is 48.4 Å². The van der Waals surface area contributed by atoms with E-state index in [2.05, 4.69) is 4.74 Å². The average molecular weight is 547 g/mol. The molecule has 10 heteroatoms. The molecular weight excluding hydrogens is 513 g/mol. The van der Waals surface area contributed by atoms with Crippen molar-refractivity contribution in [1.82, 2.24) is 4.90 Å². The van der Waals surface area contributed by atoms with Gasteiger partial charge in [0.25, 0.3) is 0 Å². The maximum absolute atomic E-state index is 13.4. The quantitative estimate of drug-likeness (QED) is 0.417. The molecule has 3 aliphatic rings. The molecular formula is C29H33F3N2O5. The van der Waals surface area contributed by atoms with E-state index in [0.29, 0.717) is 31.4 Å². The van der Waals surface area contributed by atoms with Crippen LogP contribution in [0.5, 0.6) is 5.75 Å². The summed E-state index contributed by atoms with van der Waals surface area (Å²) in [4.78, 5) is 17.0. The van der Waals surface area contributed by atoms with E-state index in [1.807, 2.05) is 56.0 Å². The van der Waals surface area contributed by atoms with Gasteiger partial charge in [-0.15, -0.1) is 13.2 Å². The number of carbonyl (C=O) groups excluding carboxylic acids is 1. The van der Waals surface area contributed by atoms with Gasteiger partial charge >= 0.3 is 12.5 Å². The van der Waals surface area contributed by atoms with Gasteiger partial charge < -0.3 is 23.8 Å². The van der Waals surface area contributed by atoms with Crippen LogP contribution in [0.15, 0.2) is 61.0 Å². The van der Waals surface area contributed by atoms with Crippen molar-refractivity contribution in [1.29, 1.82) is 0 Å². The van der Waals surface area contributed by atoms with E-state index in [9.17, 15) is 18.0 Å². The number of likely N-dealkylation sites (tertiary alicyclic amines) is 1. The van der Waals surface area contributed by atoms with Crippen LogP contribution in [0, 0.1) is 0 Å². The summed E-state index contributed by atoms with van der Waals surface area (Å²) < 4.78 is 61.2. The molecule has 2 saturated heterocycles. The van der Waals surface area contributed by atoms with Crippen molar-refractivity contribution >= 4 is 11.8 Å². The van der Waals surface area contributed by atoms with Crippen LogP contribution in [0.25, 0.3) is 0 Å². The summed E-state index contributed by atoms with van der Waals surface area (Å²) in [5.74, 6) is -0.527. The second-order valence-electron chi connectivity index (χ2n) is 11.2. The second kappa shape index (κ2) is 10.3. The van der Waals surface area contributed by atoms with Gasteiger partial charge in [0, 0.05) is 24.4 Å². The molecule has 1 amide bonds. The Kier molecular flexibility index (Phi) is 7.17. The lowest BCUT2D eigenvalue weighted by molar-refractivity contribution is -0.274. The largest absolute Gasteiger partial charge is 0.573 e. The standard InChI is InChI=1S/C29H33F3N2O5/c1-27(2,3)39-26(35)34-13-7-12-28(25(34)20-8-5-4-6-9-20)17-21(18-37-28)23-16-22(38-29(30,31)32)10-11-24(23)33-14-15-36-19-33/h4-6,8-11,14-16,21,25H,7,12-13,17-19H2,1-3H3/t21-,25-,28+/m0/s1. The summed E-state index contributed by atoms with van der Waals surface area (Å²) in [5, 5.41) is 0. The molecule has 5 rings (SSSR count). The highest BCUT2D eigenvalue weighted by Crippen LogP contribution is 2.53. The smallest absolute Gasteiger partial charge is 0.479 e. The molecule has 0 aliphatic carbocycles. The van der Waals surface area contributed by atoms with Gasteiger partial charge in [0.05, 0.1) is 18.2 Å². The number of amides is 1. The fraction of sp³-hybridized carbons (Fsp3) is 0.483. The molecule has 210 valence electrons. The molecule has 7 nitrogen and oxygen atoms in total. The number of anilines is 1. The normalized spacial score (nSPS) is 25.2. The Bertz CT molecular complexity index is 1210. The molecule has 3 atom stereocenters. The first-order valence-corrected chi connectivity index (χ1v) is 13.1. The maximum Gasteiger partial charge on any atom is 0.573 e. The van der Waals surface area contributed by atoms with Crippen molar-refractivity contribution in [3.63, 3.8) is 0 Å². The number of alkyl halides is 3. The fourth-order valence-corrected chi connectivity index (χ4v) is 5.85. The number of nitrogens with zero attached hydrogens (tertiary/aromatic N) is 2. The number of hydrogen-bond donors (Lipinski definition) is 0. The van der Waals surface area contributed by atoms with Gasteiger partial charge in [-0.3, -0.25) is 4.90 Å². The fourth-order valence-electron chi connectivity index (χ4n) is 5.85. The van der Waals surface area contributed by atoms with Gasteiger partial charge in [-0.2, -0.15) is 0 Å². The predicted octanol–water partition coefficient (Wildman–Crippen LogP) is 6.87. The summed E-state index contributed by atoms with van der Waals surface area (Å²) >= 11 is 0. The second-order valence-corrected chi connectivity index (χ2v) is 11.2. The molecule has 0 unspecified atom stereocenters. The van der Waals surface area contributed by atoms with Crippen molar-refractivity contribution < 1.29 is 36.9 Å². The van der Waals surface area contributed by atoms with Gasteiger partial charge in [0.15, 0.2) is 6.73 Å². The Balaban J connectivity index is 1.51. The van der Waals surface area contributed by atoms with Gasteiger partial charge in [-0.25, -0.2) is 4.79 Å². The van der Waals surface area contributed by atoms with Gasteiger partial charge in [0.1, 0.15) is 17.6 Å². The minimum atomic E-state index is -4.81. The van der Waals surface area contributed by atoms with Crippen LogP contribution >= 0.6 is 0 Å². The number of halogens is 3. The Morgan fingerprint density at radius 2 is 1.87 bits per heavy atom. The summed E-state index contributed by atoms with van der Waals surface area (Å²) in [6, 6.07) is 13.7. The predicted molar refractivity (Wildman–Crippen MR) is 138 cm³/mol. The minimum absolute atomic E-state index is 0.240. The van der Waals surface area contributed by atoms with E-state index in [1.165, 1.54) is 12.1 Å². The number of piperidine rings is 1. The van der Waals surface area contributed by atoms with Crippen LogP contribution < -0.4 is 9.64 Å². The SMILES string of the molecule is CC(C)(C)OC(=O)N1CCC[C@@]2(C[C@H](c3cc(OC(F)(F)F)ccc3N3C=COC3)CO2)[C@@H]1c1ccccc1. The van der Waals surface area contributed by atoms with E-state index < -0.39 is 29.7 Å². The summed E-state index contributed by atoms with van der Waals surface area (Å²) in [7, 11) is 0. The lowest BCUT2D eigenvalue weighted by Gasteiger charge is -2.47. The first-order valence-electron chi connectivity index (χ1n) is 13.1. The van der Waals surface area contributed by atoms with Crippen molar-refractivity contribution in [3.05, 3.63) is 72.1 Å². The third-order valence-corrected chi connectivity index (χ3v) is 7.25. The molecule has 3 aliphatic heterocycles. The van der Waals surface area contributed by atoms with E-state index >= 15 is 0 Å². The zero-order valence-electron chi connectivity index (χ0n) is 22.2. The molecule has 0 saturated carbocycles. The highest BCUT2D eigenvalue weighted by atomic mass is 19.4. The molecule has 39 heavy (non-hydrogen) atoms. The van der Waals surface area contributed by atoms with Crippen molar-refractivity contribution in [2.75, 3.05) is 24.8 Å². The monoisotopic (exact) mass is 546 g/mol. The van der Waals surface area contributed by atoms with Gasteiger partial charge in [-0.05, 0) is 69.4 Å². The Hall–Kier alpha value is -3.40. The zero-order valence-corrected chi connectivity index (χ0v) is 22.2. The molecule has 0 aromatic heterocycles. The summed E-state index contributed by atoms with van der Waals surface area (Å²) in [5.41, 5.74) is 0.914. The van der Waals surface area contributed by atoms with Crippen LogP contribution in [-0.2, 0) is 14.2 Å². The molecule has 2 aromatic carbocycles. The van der Waals surface area contributed by atoms with E-state index in [-0.39, 0.29) is 25.0 Å². The van der Waals surface area contributed by atoms with Crippen LogP contribution in [0.3, 0.4) is 0 Å². The van der Waals surface area contributed by atoms with Crippen LogP contribution in [0.4, 0.5) is 23.7 Å².